The first-order chi connectivity index (χ1) is 9.41. The van der Waals surface area contributed by atoms with Crippen LogP contribution in [-0.4, -0.2) is 0 Å². The molecule has 0 saturated carbocycles. The molecular weight excluding hydrogens is 380 g/mol. The van der Waals surface area contributed by atoms with E-state index in [1.165, 1.54) is 16.7 Å². The van der Waals surface area contributed by atoms with Gasteiger partial charge in [-0.1, -0.05) is 61.8 Å². The molecule has 0 saturated heterocycles. The standard InChI is InChI=1S/C17H20Br2O/c1-10(2)12-5-6-13(15(9-12)11(3)4)16(18)14-7-8-20-17(14)19/h5-11,16H,1-4H3. The summed E-state index contributed by atoms with van der Waals surface area (Å²) in [4.78, 5) is 0.147. The molecular formula is C17H20Br2O. The third-order valence-electron chi connectivity index (χ3n) is 3.59. The highest BCUT2D eigenvalue weighted by Gasteiger charge is 2.20. The van der Waals surface area contributed by atoms with Gasteiger partial charge in [0.15, 0.2) is 4.67 Å². The second-order valence-electron chi connectivity index (χ2n) is 5.71. The zero-order valence-electron chi connectivity index (χ0n) is 12.3. The van der Waals surface area contributed by atoms with Crippen LogP contribution in [0.15, 0.2) is 39.6 Å². The quantitative estimate of drug-likeness (QED) is 0.516. The largest absolute Gasteiger partial charge is 0.457 e. The van der Waals surface area contributed by atoms with E-state index in [4.69, 9.17) is 4.42 Å². The summed E-state index contributed by atoms with van der Waals surface area (Å²) in [7, 11) is 0. The zero-order chi connectivity index (χ0) is 14.9. The Labute approximate surface area is 138 Å². The van der Waals surface area contributed by atoms with Crippen molar-refractivity contribution in [1.82, 2.24) is 0 Å². The van der Waals surface area contributed by atoms with Crippen LogP contribution in [0.1, 0.15) is 66.6 Å². The van der Waals surface area contributed by atoms with Crippen LogP contribution in [0.25, 0.3) is 0 Å². The van der Waals surface area contributed by atoms with Gasteiger partial charge in [-0.05, 0) is 50.5 Å². The summed E-state index contributed by atoms with van der Waals surface area (Å²) in [5.41, 5.74) is 5.23. The molecule has 1 nitrogen and oxygen atoms in total. The van der Waals surface area contributed by atoms with Gasteiger partial charge in [-0.2, -0.15) is 0 Å². The van der Waals surface area contributed by atoms with E-state index in [1.54, 1.807) is 6.26 Å². The maximum Gasteiger partial charge on any atom is 0.173 e. The molecule has 2 aromatic rings. The SMILES string of the molecule is CC(C)c1ccc(C(Br)c2ccoc2Br)c(C(C)C)c1. The smallest absolute Gasteiger partial charge is 0.173 e. The second-order valence-corrected chi connectivity index (χ2v) is 7.35. The molecule has 0 aliphatic heterocycles. The first-order valence-corrected chi connectivity index (χ1v) is 8.63. The van der Waals surface area contributed by atoms with Crippen LogP contribution in [0.3, 0.4) is 0 Å². The maximum absolute atomic E-state index is 5.36. The maximum atomic E-state index is 5.36. The molecule has 108 valence electrons. The Bertz CT molecular complexity index is 584. The van der Waals surface area contributed by atoms with Crippen molar-refractivity contribution in [3.05, 3.63) is 57.5 Å². The fourth-order valence-corrected chi connectivity index (χ4v) is 3.89. The average Bonchev–Trinajstić information content (AvgIpc) is 2.83. The van der Waals surface area contributed by atoms with E-state index in [0.29, 0.717) is 11.8 Å². The Hall–Kier alpha value is -0.540. The van der Waals surface area contributed by atoms with Gasteiger partial charge in [0.2, 0.25) is 0 Å². The van der Waals surface area contributed by atoms with Gasteiger partial charge in [0.25, 0.3) is 0 Å². The third-order valence-corrected chi connectivity index (χ3v) is 5.22. The zero-order valence-corrected chi connectivity index (χ0v) is 15.5. The molecule has 1 aromatic carbocycles. The first-order valence-electron chi connectivity index (χ1n) is 6.92. The predicted molar refractivity (Wildman–Crippen MR) is 91.8 cm³/mol. The number of hydrogen-bond donors (Lipinski definition) is 0. The van der Waals surface area contributed by atoms with Gasteiger partial charge in [0.05, 0.1) is 11.1 Å². The molecule has 0 aliphatic rings. The molecule has 2 rings (SSSR count). The van der Waals surface area contributed by atoms with E-state index >= 15 is 0 Å². The van der Waals surface area contributed by atoms with Gasteiger partial charge in [0, 0.05) is 5.56 Å². The Morgan fingerprint density at radius 3 is 2.10 bits per heavy atom. The molecule has 0 spiro atoms. The lowest BCUT2D eigenvalue weighted by molar-refractivity contribution is 0.537. The number of benzene rings is 1. The molecule has 0 radical (unpaired) electrons. The Balaban J connectivity index is 2.48. The average molecular weight is 400 g/mol. The highest BCUT2D eigenvalue weighted by Crippen LogP contribution is 2.40. The van der Waals surface area contributed by atoms with Gasteiger partial charge in [-0.3, -0.25) is 0 Å². The van der Waals surface area contributed by atoms with Crippen molar-refractivity contribution >= 4 is 31.9 Å². The van der Waals surface area contributed by atoms with Crippen molar-refractivity contribution in [3.63, 3.8) is 0 Å². The van der Waals surface area contributed by atoms with E-state index in [1.807, 2.05) is 6.07 Å². The fraction of sp³-hybridized carbons (Fsp3) is 0.412. The molecule has 0 bridgehead atoms. The van der Waals surface area contributed by atoms with Crippen LogP contribution < -0.4 is 0 Å². The van der Waals surface area contributed by atoms with Gasteiger partial charge in [-0.25, -0.2) is 0 Å². The fourth-order valence-electron chi connectivity index (χ4n) is 2.34. The highest BCUT2D eigenvalue weighted by atomic mass is 79.9. The van der Waals surface area contributed by atoms with Gasteiger partial charge >= 0.3 is 0 Å². The van der Waals surface area contributed by atoms with Gasteiger partial charge in [-0.15, -0.1) is 0 Å². The Kier molecular flexibility index (Phi) is 5.14. The Morgan fingerprint density at radius 2 is 1.60 bits per heavy atom. The molecule has 20 heavy (non-hydrogen) atoms. The van der Waals surface area contributed by atoms with Crippen LogP contribution in [0, 0.1) is 0 Å². The van der Waals surface area contributed by atoms with Crippen molar-refractivity contribution in [2.45, 2.75) is 44.4 Å². The number of furan rings is 1. The molecule has 1 atom stereocenters. The first kappa shape index (κ1) is 15.8. The third kappa shape index (κ3) is 3.20. The topological polar surface area (TPSA) is 13.1 Å². The summed E-state index contributed by atoms with van der Waals surface area (Å²) in [6.45, 7) is 8.95. The van der Waals surface area contributed by atoms with Crippen LogP contribution >= 0.6 is 31.9 Å². The summed E-state index contributed by atoms with van der Waals surface area (Å²) >= 11 is 7.28. The van der Waals surface area contributed by atoms with E-state index in [-0.39, 0.29) is 4.83 Å². The van der Waals surface area contributed by atoms with Crippen molar-refractivity contribution in [2.75, 3.05) is 0 Å². The second kappa shape index (κ2) is 6.48. The Morgan fingerprint density at radius 1 is 0.900 bits per heavy atom. The summed E-state index contributed by atoms with van der Waals surface area (Å²) in [6, 6.07) is 8.81. The van der Waals surface area contributed by atoms with Crippen molar-refractivity contribution < 1.29 is 4.42 Å². The van der Waals surface area contributed by atoms with Gasteiger partial charge < -0.3 is 4.42 Å². The minimum atomic E-state index is 0.147. The van der Waals surface area contributed by atoms with Crippen LogP contribution in [-0.2, 0) is 0 Å². The van der Waals surface area contributed by atoms with E-state index in [0.717, 1.165) is 10.2 Å². The number of rotatable bonds is 4. The van der Waals surface area contributed by atoms with Crippen molar-refractivity contribution in [3.8, 4) is 0 Å². The van der Waals surface area contributed by atoms with E-state index in [2.05, 4.69) is 77.8 Å². The lowest BCUT2D eigenvalue weighted by Gasteiger charge is -2.19. The predicted octanol–water partition coefficient (Wildman–Crippen LogP) is 6.77. The lowest BCUT2D eigenvalue weighted by atomic mass is 9.89. The molecule has 0 fully saturated rings. The molecule has 1 aromatic heterocycles. The summed E-state index contributed by atoms with van der Waals surface area (Å²) in [6.07, 6.45) is 1.71. The lowest BCUT2D eigenvalue weighted by Crippen LogP contribution is -2.02. The summed E-state index contributed by atoms with van der Waals surface area (Å²) < 4.78 is 6.15. The number of hydrogen-bond acceptors (Lipinski definition) is 1. The van der Waals surface area contributed by atoms with Gasteiger partial charge in [0.1, 0.15) is 0 Å². The normalized spacial score (nSPS) is 13.2. The minimum Gasteiger partial charge on any atom is -0.457 e. The van der Waals surface area contributed by atoms with Crippen molar-refractivity contribution in [2.24, 2.45) is 0 Å². The number of halogens is 2. The van der Waals surface area contributed by atoms with Crippen molar-refractivity contribution in [1.29, 1.82) is 0 Å². The minimum absolute atomic E-state index is 0.147. The molecule has 0 aliphatic carbocycles. The van der Waals surface area contributed by atoms with E-state index in [9.17, 15) is 0 Å². The molecule has 0 N–H and O–H groups in total. The molecule has 0 amide bonds. The van der Waals surface area contributed by atoms with Crippen LogP contribution in [0.2, 0.25) is 0 Å². The van der Waals surface area contributed by atoms with Crippen LogP contribution in [0.4, 0.5) is 0 Å². The van der Waals surface area contributed by atoms with Crippen LogP contribution in [0.5, 0.6) is 0 Å². The molecule has 1 unspecified atom stereocenters. The molecule has 3 heteroatoms. The summed E-state index contributed by atoms with van der Waals surface area (Å²) in [5, 5.41) is 0. The highest BCUT2D eigenvalue weighted by molar-refractivity contribution is 9.10. The number of alkyl halides is 1. The summed E-state index contributed by atoms with van der Waals surface area (Å²) in [5.74, 6) is 1.05. The van der Waals surface area contributed by atoms with E-state index < -0.39 is 0 Å². The molecule has 1 heterocycles. The monoisotopic (exact) mass is 398 g/mol.